The third-order valence-electron chi connectivity index (χ3n) is 5.88. The first-order chi connectivity index (χ1) is 10.4. The molecule has 0 amide bonds. The fraction of sp³-hybridized carbons (Fsp3) is 0.333. The first-order valence-corrected chi connectivity index (χ1v) is 7.90. The predicted octanol–water partition coefficient (Wildman–Crippen LogP) is 5.57. The Kier molecular flexibility index (Phi) is 3.49. The van der Waals surface area contributed by atoms with Gasteiger partial charge in [0.15, 0.2) is 0 Å². The van der Waals surface area contributed by atoms with Crippen LogP contribution in [0.3, 0.4) is 0 Å². The molecule has 0 saturated heterocycles. The topological polar surface area (TPSA) is 20.2 Å². The van der Waals surface area contributed by atoms with Gasteiger partial charge in [-0.1, -0.05) is 47.5 Å². The molecule has 0 spiro atoms. The van der Waals surface area contributed by atoms with Crippen molar-refractivity contribution in [2.24, 2.45) is 5.41 Å². The molecule has 22 heavy (non-hydrogen) atoms. The Bertz CT molecular complexity index is 784. The normalized spacial score (nSPS) is 19.2. The van der Waals surface area contributed by atoms with Crippen molar-refractivity contribution in [1.29, 1.82) is 0 Å². The van der Waals surface area contributed by atoms with E-state index in [9.17, 15) is 5.11 Å². The summed E-state index contributed by atoms with van der Waals surface area (Å²) in [7, 11) is 0. The van der Waals surface area contributed by atoms with Crippen molar-refractivity contribution in [2.75, 3.05) is 0 Å². The Hall–Kier alpha value is -1.86. The van der Waals surface area contributed by atoms with Gasteiger partial charge in [0, 0.05) is 5.41 Å². The summed E-state index contributed by atoms with van der Waals surface area (Å²) in [6.07, 6.45) is -0.524. The van der Waals surface area contributed by atoms with Crippen molar-refractivity contribution in [3.8, 4) is 0 Å². The molecule has 0 aromatic heterocycles. The van der Waals surface area contributed by atoms with Gasteiger partial charge in [0.1, 0.15) is 0 Å². The number of rotatable bonds is 2. The third kappa shape index (κ3) is 1.96. The van der Waals surface area contributed by atoms with Crippen molar-refractivity contribution >= 4 is 10.8 Å². The molecule has 2 aromatic rings. The average molecular weight is 292 g/mol. The molecule has 0 heterocycles. The lowest BCUT2D eigenvalue weighted by Gasteiger charge is -2.35. The van der Waals surface area contributed by atoms with E-state index in [-0.39, 0.29) is 5.41 Å². The van der Waals surface area contributed by atoms with Crippen LogP contribution in [0.2, 0.25) is 0 Å². The highest BCUT2D eigenvalue weighted by Crippen LogP contribution is 2.53. The molecule has 1 N–H and O–H groups in total. The Morgan fingerprint density at radius 1 is 0.818 bits per heavy atom. The van der Waals surface area contributed by atoms with E-state index in [0.29, 0.717) is 0 Å². The highest BCUT2D eigenvalue weighted by Gasteiger charge is 2.42. The van der Waals surface area contributed by atoms with Crippen molar-refractivity contribution in [3.63, 3.8) is 0 Å². The lowest BCUT2D eigenvalue weighted by Crippen LogP contribution is -2.26. The summed E-state index contributed by atoms with van der Waals surface area (Å²) in [5, 5.41) is 13.5. The monoisotopic (exact) mass is 292 g/mol. The summed E-state index contributed by atoms with van der Waals surface area (Å²) >= 11 is 0. The fourth-order valence-corrected chi connectivity index (χ4v) is 3.74. The van der Waals surface area contributed by atoms with E-state index in [2.05, 4.69) is 65.0 Å². The maximum absolute atomic E-state index is 11.1. The second-order valence-corrected chi connectivity index (χ2v) is 6.71. The number of benzene rings is 2. The Morgan fingerprint density at radius 3 is 1.95 bits per heavy atom. The van der Waals surface area contributed by atoms with E-state index in [4.69, 9.17) is 0 Å². The Balaban J connectivity index is 2.11. The van der Waals surface area contributed by atoms with Crippen LogP contribution < -0.4 is 0 Å². The number of hydrogen-bond acceptors (Lipinski definition) is 1. The summed E-state index contributed by atoms with van der Waals surface area (Å²) in [6, 6.07) is 14.6. The molecule has 0 fully saturated rings. The molecule has 0 aliphatic heterocycles. The zero-order valence-corrected chi connectivity index (χ0v) is 14.1. The summed E-state index contributed by atoms with van der Waals surface area (Å²) in [5.74, 6) is 0. The van der Waals surface area contributed by atoms with Gasteiger partial charge in [-0.3, -0.25) is 0 Å². The number of aliphatic hydroxyl groups is 1. The van der Waals surface area contributed by atoms with E-state index in [1.165, 1.54) is 33.1 Å². The third-order valence-corrected chi connectivity index (χ3v) is 5.88. The molecule has 3 rings (SSSR count). The van der Waals surface area contributed by atoms with Gasteiger partial charge >= 0.3 is 0 Å². The maximum atomic E-state index is 11.1. The van der Waals surface area contributed by atoms with Crippen LogP contribution in [0.4, 0.5) is 0 Å². The van der Waals surface area contributed by atoms with Crippen LogP contribution >= 0.6 is 0 Å². The number of aliphatic hydroxyl groups excluding tert-OH is 1. The van der Waals surface area contributed by atoms with Gasteiger partial charge in [-0.05, 0) is 68.2 Å². The number of allylic oxidation sites excluding steroid dienone is 2. The zero-order chi connectivity index (χ0) is 16.1. The van der Waals surface area contributed by atoms with Crippen LogP contribution in [0.25, 0.3) is 10.8 Å². The fourth-order valence-electron chi connectivity index (χ4n) is 3.74. The second-order valence-electron chi connectivity index (χ2n) is 6.71. The van der Waals surface area contributed by atoms with Crippen LogP contribution in [0.5, 0.6) is 0 Å². The molecule has 1 nitrogen and oxygen atoms in total. The standard InChI is InChI=1S/C21H24O/c1-13-14(2)16(4)21(5,15(13)3)20(22)19-11-10-17-8-6-7-9-18(17)12-19/h6-12,20,22H,1-5H3. The van der Waals surface area contributed by atoms with Gasteiger partial charge in [-0.2, -0.15) is 0 Å². The Morgan fingerprint density at radius 2 is 1.36 bits per heavy atom. The minimum absolute atomic E-state index is 0.309. The van der Waals surface area contributed by atoms with Crippen LogP contribution in [0.1, 0.15) is 46.3 Å². The summed E-state index contributed by atoms with van der Waals surface area (Å²) in [4.78, 5) is 0. The quantitative estimate of drug-likeness (QED) is 0.767. The molecule has 114 valence electrons. The highest BCUT2D eigenvalue weighted by molar-refractivity contribution is 5.83. The molecular formula is C21H24O. The van der Waals surface area contributed by atoms with E-state index in [1.807, 2.05) is 12.1 Å². The number of fused-ring (bicyclic) bond motifs is 1. The van der Waals surface area contributed by atoms with Crippen LogP contribution in [0, 0.1) is 5.41 Å². The second kappa shape index (κ2) is 5.10. The smallest absolute Gasteiger partial charge is 0.0918 e. The SMILES string of the molecule is CC1=C(C)C(C)(C(O)c2ccc3ccccc3c2)C(C)=C1C. The molecule has 1 aliphatic carbocycles. The summed E-state index contributed by atoms with van der Waals surface area (Å²) in [6.45, 7) is 10.8. The van der Waals surface area contributed by atoms with Gasteiger partial charge in [-0.25, -0.2) is 0 Å². The summed E-state index contributed by atoms with van der Waals surface area (Å²) in [5.41, 5.74) is 5.88. The molecule has 1 unspecified atom stereocenters. The van der Waals surface area contributed by atoms with Gasteiger partial charge in [0.05, 0.1) is 6.10 Å². The first-order valence-electron chi connectivity index (χ1n) is 7.90. The van der Waals surface area contributed by atoms with Crippen LogP contribution in [-0.4, -0.2) is 5.11 Å². The van der Waals surface area contributed by atoms with Crippen molar-refractivity contribution in [3.05, 3.63) is 70.3 Å². The first kappa shape index (κ1) is 15.1. The van der Waals surface area contributed by atoms with E-state index in [1.54, 1.807) is 0 Å². The summed E-state index contributed by atoms with van der Waals surface area (Å²) < 4.78 is 0. The van der Waals surface area contributed by atoms with Gasteiger partial charge in [-0.15, -0.1) is 0 Å². The molecule has 0 saturated carbocycles. The van der Waals surface area contributed by atoms with E-state index < -0.39 is 6.10 Å². The molecule has 1 heteroatoms. The number of hydrogen-bond donors (Lipinski definition) is 1. The zero-order valence-electron chi connectivity index (χ0n) is 14.1. The molecule has 2 aromatic carbocycles. The van der Waals surface area contributed by atoms with Gasteiger partial charge in [0.2, 0.25) is 0 Å². The Labute approximate surface area is 133 Å². The van der Waals surface area contributed by atoms with Crippen LogP contribution in [0.15, 0.2) is 64.8 Å². The van der Waals surface area contributed by atoms with Gasteiger partial charge < -0.3 is 5.11 Å². The van der Waals surface area contributed by atoms with E-state index >= 15 is 0 Å². The lowest BCUT2D eigenvalue weighted by molar-refractivity contribution is 0.0869. The van der Waals surface area contributed by atoms with Crippen molar-refractivity contribution in [1.82, 2.24) is 0 Å². The molecular weight excluding hydrogens is 268 g/mol. The largest absolute Gasteiger partial charge is 0.387 e. The average Bonchev–Trinajstić information content (AvgIpc) is 2.70. The minimum atomic E-state index is -0.524. The molecule has 0 radical (unpaired) electrons. The molecule has 0 bridgehead atoms. The molecule has 1 aliphatic rings. The maximum Gasteiger partial charge on any atom is 0.0918 e. The van der Waals surface area contributed by atoms with E-state index in [0.717, 1.165) is 5.56 Å². The molecule has 1 atom stereocenters. The lowest BCUT2D eigenvalue weighted by atomic mass is 9.72. The van der Waals surface area contributed by atoms with Crippen molar-refractivity contribution < 1.29 is 5.11 Å². The van der Waals surface area contributed by atoms with Crippen molar-refractivity contribution in [2.45, 2.75) is 40.7 Å². The minimum Gasteiger partial charge on any atom is -0.387 e. The van der Waals surface area contributed by atoms with Crippen LogP contribution in [-0.2, 0) is 0 Å². The van der Waals surface area contributed by atoms with Gasteiger partial charge in [0.25, 0.3) is 0 Å². The predicted molar refractivity (Wildman–Crippen MR) is 93.8 cm³/mol. The highest BCUT2D eigenvalue weighted by atomic mass is 16.3.